The predicted octanol–water partition coefficient (Wildman–Crippen LogP) is 2.67. The highest BCUT2D eigenvalue weighted by Gasteiger charge is 2.34. The summed E-state index contributed by atoms with van der Waals surface area (Å²) in [4.78, 5) is 13.8. The summed E-state index contributed by atoms with van der Waals surface area (Å²) in [6.07, 6.45) is 1.51. The Bertz CT molecular complexity index is 665. The molecule has 1 amide bonds. The van der Waals surface area contributed by atoms with E-state index in [-0.39, 0.29) is 17.8 Å². The van der Waals surface area contributed by atoms with Gasteiger partial charge in [0, 0.05) is 12.5 Å². The van der Waals surface area contributed by atoms with Crippen molar-refractivity contribution < 1.29 is 18.4 Å². The van der Waals surface area contributed by atoms with E-state index < -0.39 is 5.82 Å². The van der Waals surface area contributed by atoms with Crippen molar-refractivity contribution in [3.05, 3.63) is 47.6 Å². The summed E-state index contributed by atoms with van der Waals surface area (Å²) in [5.41, 5.74) is 0.313. The van der Waals surface area contributed by atoms with Crippen molar-refractivity contribution in [3.8, 4) is 5.75 Å². The Morgan fingerprint density at radius 2 is 2.23 bits per heavy atom. The van der Waals surface area contributed by atoms with Crippen molar-refractivity contribution in [3.63, 3.8) is 0 Å². The van der Waals surface area contributed by atoms with Gasteiger partial charge in [0.05, 0.1) is 13.1 Å². The van der Waals surface area contributed by atoms with Crippen LogP contribution in [0, 0.1) is 5.82 Å². The van der Waals surface area contributed by atoms with Crippen LogP contribution in [0.1, 0.15) is 29.6 Å². The van der Waals surface area contributed by atoms with E-state index in [1.54, 1.807) is 29.2 Å². The average Bonchev–Trinajstić information content (AvgIpc) is 2.92. The number of carbonyl (C=O) groups is 1. The van der Waals surface area contributed by atoms with E-state index in [2.05, 4.69) is 5.16 Å². The molecule has 3 rings (SSSR count). The van der Waals surface area contributed by atoms with Crippen LogP contribution in [-0.2, 0) is 6.42 Å². The standard InChI is InChI=1S/C16H17FN2O3/c1-2-5-11-8-14(18-22-11)16(20)19-9-12(10-19)21-15-7-4-3-6-13(15)17/h3-4,6-8,12H,2,5,9-10H2,1H3. The first kappa shape index (κ1) is 14.6. The minimum Gasteiger partial charge on any atom is -0.484 e. The van der Waals surface area contributed by atoms with Crippen LogP contribution in [0.4, 0.5) is 4.39 Å². The quantitative estimate of drug-likeness (QED) is 0.852. The van der Waals surface area contributed by atoms with E-state index in [1.807, 2.05) is 6.92 Å². The molecule has 2 aromatic rings. The Morgan fingerprint density at radius 3 is 2.95 bits per heavy atom. The molecule has 22 heavy (non-hydrogen) atoms. The number of para-hydroxylation sites is 1. The molecular weight excluding hydrogens is 287 g/mol. The second-order valence-electron chi connectivity index (χ2n) is 5.31. The summed E-state index contributed by atoms with van der Waals surface area (Å²) in [6.45, 7) is 2.87. The van der Waals surface area contributed by atoms with Crippen molar-refractivity contribution in [2.45, 2.75) is 25.9 Å². The molecule has 1 aromatic heterocycles. The van der Waals surface area contributed by atoms with E-state index in [9.17, 15) is 9.18 Å². The lowest BCUT2D eigenvalue weighted by atomic mass is 10.1. The van der Waals surface area contributed by atoms with Gasteiger partial charge < -0.3 is 14.2 Å². The van der Waals surface area contributed by atoms with Gasteiger partial charge in [-0.05, 0) is 18.6 Å². The Balaban J connectivity index is 1.54. The molecule has 0 aliphatic carbocycles. The third-order valence-electron chi connectivity index (χ3n) is 3.54. The van der Waals surface area contributed by atoms with Crippen LogP contribution in [0.2, 0.25) is 0 Å². The SMILES string of the molecule is CCCc1cc(C(=O)N2CC(Oc3ccccc3F)C2)no1. The van der Waals surface area contributed by atoms with Gasteiger partial charge in [-0.15, -0.1) is 0 Å². The van der Waals surface area contributed by atoms with Crippen molar-refractivity contribution in [1.82, 2.24) is 10.1 Å². The highest BCUT2D eigenvalue weighted by molar-refractivity contribution is 5.92. The maximum absolute atomic E-state index is 13.5. The molecule has 1 aliphatic rings. The van der Waals surface area contributed by atoms with Crippen LogP contribution in [0.5, 0.6) is 5.75 Å². The fourth-order valence-electron chi connectivity index (χ4n) is 2.34. The van der Waals surface area contributed by atoms with Gasteiger partial charge in [0.2, 0.25) is 0 Å². The summed E-state index contributed by atoms with van der Waals surface area (Å²) >= 11 is 0. The summed E-state index contributed by atoms with van der Waals surface area (Å²) in [7, 11) is 0. The monoisotopic (exact) mass is 304 g/mol. The first-order valence-electron chi connectivity index (χ1n) is 7.33. The minimum absolute atomic E-state index is 0.181. The highest BCUT2D eigenvalue weighted by atomic mass is 19.1. The third-order valence-corrected chi connectivity index (χ3v) is 3.54. The molecular formula is C16H17FN2O3. The van der Waals surface area contributed by atoms with Crippen LogP contribution < -0.4 is 4.74 Å². The van der Waals surface area contributed by atoms with Gasteiger partial charge in [-0.3, -0.25) is 4.79 Å². The molecule has 1 saturated heterocycles. The number of amides is 1. The average molecular weight is 304 g/mol. The Labute approximate surface area is 127 Å². The number of aromatic nitrogens is 1. The largest absolute Gasteiger partial charge is 0.484 e. The molecule has 6 heteroatoms. The number of halogens is 1. The van der Waals surface area contributed by atoms with Crippen LogP contribution in [-0.4, -0.2) is 35.2 Å². The Kier molecular flexibility index (Phi) is 4.09. The van der Waals surface area contributed by atoms with Gasteiger partial charge in [0.15, 0.2) is 17.3 Å². The topological polar surface area (TPSA) is 55.6 Å². The molecule has 116 valence electrons. The lowest BCUT2D eigenvalue weighted by Crippen LogP contribution is -2.56. The van der Waals surface area contributed by atoms with Crippen LogP contribution >= 0.6 is 0 Å². The zero-order valence-electron chi connectivity index (χ0n) is 12.3. The number of aryl methyl sites for hydroxylation is 1. The van der Waals surface area contributed by atoms with Gasteiger partial charge >= 0.3 is 0 Å². The minimum atomic E-state index is -0.395. The zero-order valence-corrected chi connectivity index (χ0v) is 12.3. The molecule has 1 aliphatic heterocycles. The summed E-state index contributed by atoms with van der Waals surface area (Å²) in [5.74, 6) is 0.351. The maximum Gasteiger partial charge on any atom is 0.276 e. The first-order valence-corrected chi connectivity index (χ1v) is 7.33. The van der Waals surface area contributed by atoms with E-state index in [0.717, 1.165) is 12.8 Å². The fraction of sp³-hybridized carbons (Fsp3) is 0.375. The Hall–Kier alpha value is -2.37. The molecule has 1 aromatic carbocycles. The smallest absolute Gasteiger partial charge is 0.276 e. The number of hydrogen-bond acceptors (Lipinski definition) is 4. The molecule has 1 fully saturated rings. The second-order valence-corrected chi connectivity index (χ2v) is 5.31. The molecule has 0 spiro atoms. The van der Waals surface area contributed by atoms with Crippen molar-refractivity contribution >= 4 is 5.91 Å². The van der Waals surface area contributed by atoms with Crippen molar-refractivity contribution in [1.29, 1.82) is 0 Å². The molecule has 0 unspecified atom stereocenters. The number of ether oxygens (including phenoxy) is 1. The molecule has 0 atom stereocenters. The van der Waals surface area contributed by atoms with Crippen molar-refractivity contribution in [2.24, 2.45) is 0 Å². The predicted molar refractivity (Wildman–Crippen MR) is 77.2 cm³/mol. The van der Waals surface area contributed by atoms with Crippen LogP contribution in [0.25, 0.3) is 0 Å². The highest BCUT2D eigenvalue weighted by Crippen LogP contribution is 2.22. The third kappa shape index (κ3) is 2.95. The first-order chi connectivity index (χ1) is 10.7. The maximum atomic E-state index is 13.5. The van der Waals surface area contributed by atoms with Crippen LogP contribution in [0.3, 0.4) is 0 Å². The fourth-order valence-corrected chi connectivity index (χ4v) is 2.34. The van der Waals surface area contributed by atoms with E-state index >= 15 is 0 Å². The molecule has 0 N–H and O–H groups in total. The molecule has 5 nitrogen and oxygen atoms in total. The van der Waals surface area contributed by atoms with E-state index in [4.69, 9.17) is 9.26 Å². The molecule has 0 bridgehead atoms. The van der Waals surface area contributed by atoms with Crippen molar-refractivity contribution in [2.75, 3.05) is 13.1 Å². The second kappa shape index (κ2) is 6.17. The number of carbonyl (C=O) groups excluding carboxylic acids is 1. The molecule has 0 radical (unpaired) electrons. The van der Waals surface area contributed by atoms with E-state index in [0.29, 0.717) is 24.5 Å². The Morgan fingerprint density at radius 1 is 1.45 bits per heavy atom. The number of hydrogen-bond donors (Lipinski definition) is 0. The molecule has 0 saturated carbocycles. The number of rotatable bonds is 5. The lowest BCUT2D eigenvalue weighted by Gasteiger charge is -2.38. The van der Waals surface area contributed by atoms with Gasteiger partial charge in [0.25, 0.3) is 5.91 Å². The summed E-state index contributed by atoms with van der Waals surface area (Å²) in [5, 5.41) is 3.79. The van der Waals surface area contributed by atoms with Gasteiger partial charge in [-0.1, -0.05) is 24.2 Å². The van der Waals surface area contributed by atoms with Gasteiger partial charge in [-0.25, -0.2) is 4.39 Å². The van der Waals surface area contributed by atoms with E-state index in [1.165, 1.54) is 6.07 Å². The van der Waals surface area contributed by atoms with Crippen LogP contribution in [0.15, 0.2) is 34.9 Å². The number of benzene rings is 1. The van der Waals surface area contributed by atoms with Gasteiger partial charge in [-0.2, -0.15) is 0 Å². The lowest BCUT2D eigenvalue weighted by molar-refractivity contribution is 0.0156. The number of likely N-dealkylation sites (tertiary alicyclic amines) is 1. The zero-order chi connectivity index (χ0) is 15.5. The normalized spacial score (nSPS) is 14.7. The van der Waals surface area contributed by atoms with Gasteiger partial charge in [0.1, 0.15) is 11.9 Å². The summed E-state index contributed by atoms with van der Waals surface area (Å²) in [6, 6.07) is 7.93. The summed E-state index contributed by atoms with van der Waals surface area (Å²) < 4.78 is 24.1. The number of nitrogens with zero attached hydrogens (tertiary/aromatic N) is 2. The molecule has 2 heterocycles.